The van der Waals surface area contributed by atoms with E-state index in [1.54, 1.807) is 0 Å². The van der Waals surface area contributed by atoms with Crippen molar-refractivity contribution < 1.29 is 9.90 Å². The first-order chi connectivity index (χ1) is 4.09. The van der Waals surface area contributed by atoms with E-state index in [0.717, 1.165) is 6.42 Å². The number of rotatable bonds is 3. The summed E-state index contributed by atoms with van der Waals surface area (Å²) in [6.45, 7) is 3.76. The van der Waals surface area contributed by atoms with Crippen molar-refractivity contribution in [3.63, 3.8) is 0 Å². The molecule has 0 saturated carbocycles. The van der Waals surface area contributed by atoms with Crippen LogP contribution in [0.3, 0.4) is 0 Å². The molecule has 3 nitrogen and oxygen atoms in total. The number of hydrogen-bond donors (Lipinski definition) is 2. The van der Waals surface area contributed by atoms with Crippen molar-refractivity contribution in [1.82, 2.24) is 0 Å². The van der Waals surface area contributed by atoms with Gasteiger partial charge in [0.1, 0.15) is 6.04 Å². The molecular weight excluding hydrogens is 233 g/mol. The molecule has 0 rings (SSSR count). The number of carboxylic acid groups (broad SMARTS) is 1. The van der Waals surface area contributed by atoms with Crippen LogP contribution in [0.1, 0.15) is 20.3 Å². The molecule has 0 amide bonds. The number of nitrogens with two attached hydrogens (primary N) is 1. The maximum atomic E-state index is 10.2. The second-order valence-electron chi connectivity index (χ2n) is 2.25. The van der Waals surface area contributed by atoms with Gasteiger partial charge in [-0.3, -0.25) is 4.79 Å². The Kier molecular flexibility index (Phi) is 7.81. The van der Waals surface area contributed by atoms with Crippen LogP contribution in [-0.4, -0.2) is 43.0 Å². The zero-order valence-electron chi connectivity index (χ0n) is 5.79. The average molecular weight is 249 g/mol. The second-order valence-corrected chi connectivity index (χ2v) is 2.25. The van der Waals surface area contributed by atoms with Gasteiger partial charge in [-0.1, -0.05) is 20.3 Å². The summed E-state index contributed by atoms with van der Waals surface area (Å²) in [7, 11) is 0. The molecule has 10 heavy (non-hydrogen) atoms. The van der Waals surface area contributed by atoms with Crippen molar-refractivity contribution in [3.05, 3.63) is 0 Å². The molecule has 0 bridgehead atoms. The molecule has 3 N–H and O–H groups in total. The van der Waals surface area contributed by atoms with Crippen molar-refractivity contribution >= 4 is 31.8 Å². The molecular formula is C6H16InNO2. The van der Waals surface area contributed by atoms with Gasteiger partial charge in [0, 0.05) is 0 Å². The zero-order valence-corrected chi connectivity index (χ0v) is 5.79. The van der Waals surface area contributed by atoms with Gasteiger partial charge in [0.2, 0.25) is 0 Å². The predicted octanol–water partition coefficient (Wildman–Crippen LogP) is -0.740. The summed E-state index contributed by atoms with van der Waals surface area (Å²) in [5.74, 6) is -0.841. The Morgan fingerprint density at radius 2 is 2.10 bits per heavy atom. The molecule has 0 heterocycles. The molecule has 0 aliphatic rings. The van der Waals surface area contributed by atoms with Gasteiger partial charge in [-0.25, -0.2) is 0 Å². The molecule has 0 saturated heterocycles. The van der Waals surface area contributed by atoms with E-state index in [2.05, 4.69) is 0 Å². The minimum atomic E-state index is -0.913. The van der Waals surface area contributed by atoms with Crippen LogP contribution >= 0.6 is 0 Å². The summed E-state index contributed by atoms with van der Waals surface area (Å²) in [4.78, 5) is 10.2. The third kappa shape index (κ3) is 4.17. The number of carbonyl (C=O) groups is 1. The molecule has 0 fully saturated rings. The van der Waals surface area contributed by atoms with E-state index in [1.165, 1.54) is 0 Å². The monoisotopic (exact) mass is 249 g/mol. The van der Waals surface area contributed by atoms with Gasteiger partial charge in [-0.15, -0.1) is 0 Å². The van der Waals surface area contributed by atoms with Crippen molar-refractivity contribution in [2.75, 3.05) is 0 Å². The molecule has 0 aliphatic heterocycles. The molecule has 60 valence electrons. The third-order valence-electron chi connectivity index (χ3n) is 1.54. The molecule has 0 spiro atoms. The Bertz CT molecular complexity index is 108. The summed E-state index contributed by atoms with van der Waals surface area (Å²) < 4.78 is 0. The van der Waals surface area contributed by atoms with Gasteiger partial charge in [0.15, 0.2) is 0 Å². The second kappa shape index (κ2) is 6.04. The van der Waals surface area contributed by atoms with Crippen LogP contribution in [-0.2, 0) is 4.79 Å². The van der Waals surface area contributed by atoms with E-state index in [-0.39, 0.29) is 31.8 Å². The molecule has 0 radical (unpaired) electrons. The quantitative estimate of drug-likeness (QED) is 0.692. The molecule has 0 aliphatic carbocycles. The maximum absolute atomic E-state index is 10.2. The summed E-state index contributed by atoms with van der Waals surface area (Å²) >= 11 is 0. The Balaban J connectivity index is 0. The zero-order chi connectivity index (χ0) is 7.44. The van der Waals surface area contributed by atoms with Crippen LogP contribution in [0.25, 0.3) is 0 Å². The Labute approximate surface area is 79.8 Å². The SMILES string of the molecule is CCC(C)C(N)C(=O)O.[InH3]. The van der Waals surface area contributed by atoms with Gasteiger partial charge < -0.3 is 10.8 Å². The summed E-state index contributed by atoms with van der Waals surface area (Å²) in [6.07, 6.45) is 0.813. The third-order valence-corrected chi connectivity index (χ3v) is 1.54. The fourth-order valence-corrected chi connectivity index (χ4v) is 0.497. The first-order valence-electron chi connectivity index (χ1n) is 3.08. The van der Waals surface area contributed by atoms with Crippen LogP contribution in [0.2, 0.25) is 0 Å². The van der Waals surface area contributed by atoms with Gasteiger partial charge in [-0.2, -0.15) is 0 Å². The van der Waals surface area contributed by atoms with Crippen LogP contribution in [0, 0.1) is 5.92 Å². The van der Waals surface area contributed by atoms with Crippen LogP contribution in [0.5, 0.6) is 0 Å². The van der Waals surface area contributed by atoms with E-state index in [0.29, 0.717) is 0 Å². The molecule has 2 unspecified atom stereocenters. The molecule has 4 heteroatoms. The minimum absolute atomic E-state index is 0. The Morgan fingerprint density at radius 3 is 2.20 bits per heavy atom. The summed E-state index contributed by atoms with van der Waals surface area (Å²) in [5, 5.41) is 8.36. The molecule has 0 aromatic rings. The van der Waals surface area contributed by atoms with Gasteiger partial charge in [-0.05, 0) is 5.92 Å². The topological polar surface area (TPSA) is 63.3 Å². The van der Waals surface area contributed by atoms with E-state index < -0.39 is 12.0 Å². The van der Waals surface area contributed by atoms with E-state index >= 15 is 0 Å². The van der Waals surface area contributed by atoms with E-state index in [1.807, 2.05) is 13.8 Å². The van der Waals surface area contributed by atoms with Gasteiger partial charge >= 0.3 is 31.8 Å². The normalized spacial score (nSPS) is 15.1. The van der Waals surface area contributed by atoms with Crippen molar-refractivity contribution in [2.24, 2.45) is 11.7 Å². The first kappa shape index (κ1) is 12.9. The van der Waals surface area contributed by atoms with Crippen LogP contribution in [0.4, 0.5) is 0 Å². The fourth-order valence-electron chi connectivity index (χ4n) is 0.497. The summed E-state index contributed by atoms with van der Waals surface area (Å²) in [6, 6.07) is -0.699. The summed E-state index contributed by atoms with van der Waals surface area (Å²) in [5.41, 5.74) is 5.27. The standard InChI is InChI=1S/C6H13NO2.In.3H/c1-3-4(2)5(7)6(8)9;;;;/h4-5H,3,7H2,1-2H3,(H,8,9);;;;. The Hall–Kier alpha value is 0.300. The van der Waals surface area contributed by atoms with Crippen LogP contribution < -0.4 is 5.73 Å². The fraction of sp³-hybridized carbons (Fsp3) is 0.833. The first-order valence-corrected chi connectivity index (χ1v) is 3.08. The van der Waals surface area contributed by atoms with Gasteiger partial charge in [0.25, 0.3) is 0 Å². The van der Waals surface area contributed by atoms with Crippen molar-refractivity contribution in [1.29, 1.82) is 0 Å². The van der Waals surface area contributed by atoms with Gasteiger partial charge in [0.05, 0.1) is 0 Å². The number of hydrogen-bond acceptors (Lipinski definition) is 2. The number of aliphatic carboxylic acids is 1. The molecule has 0 aromatic heterocycles. The average Bonchev–Trinajstić information content (AvgIpc) is 1.84. The van der Waals surface area contributed by atoms with Crippen LogP contribution in [0.15, 0.2) is 0 Å². The predicted molar refractivity (Wildman–Crippen MR) is 45.0 cm³/mol. The molecule has 0 aromatic carbocycles. The van der Waals surface area contributed by atoms with Crippen molar-refractivity contribution in [2.45, 2.75) is 26.3 Å². The van der Waals surface area contributed by atoms with Crippen molar-refractivity contribution in [3.8, 4) is 0 Å². The Morgan fingerprint density at radius 1 is 1.70 bits per heavy atom. The van der Waals surface area contributed by atoms with E-state index in [4.69, 9.17) is 10.8 Å². The molecule has 2 atom stereocenters. The van der Waals surface area contributed by atoms with E-state index in [9.17, 15) is 4.79 Å². The number of carboxylic acids is 1.